The summed E-state index contributed by atoms with van der Waals surface area (Å²) in [5.41, 5.74) is 0.126. The summed E-state index contributed by atoms with van der Waals surface area (Å²) in [5, 5.41) is 0. The fraction of sp³-hybridized carbons (Fsp3) is 0.625. The lowest BCUT2D eigenvalue weighted by molar-refractivity contribution is -0.674. The third kappa shape index (κ3) is 1.38. The third-order valence-corrected chi connectivity index (χ3v) is 1.41. The van der Waals surface area contributed by atoms with Gasteiger partial charge in [-0.1, -0.05) is 20.8 Å². The Labute approximate surface area is 61.5 Å². The Hall–Kier alpha value is -0.790. The van der Waals surface area contributed by atoms with Crippen LogP contribution in [-0.4, -0.2) is 0 Å². The first-order chi connectivity index (χ1) is 4.50. The lowest BCUT2D eigenvalue weighted by atomic mass is 9.94. The minimum absolute atomic E-state index is 0.126. The van der Waals surface area contributed by atoms with Gasteiger partial charge in [0.05, 0.1) is 0 Å². The zero-order chi connectivity index (χ0) is 7.78. The van der Waals surface area contributed by atoms with Crippen molar-refractivity contribution in [1.82, 2.24) is 0 Å². The Morgan fingerprint density at radius 2 is 2.00 bits per heavy atom. The molecular weight excluding hydrogens is 126 g/mol. The SMILES string of the molecule is C[n+]1coc(C(C)(C)C)c1. The second kappa shape index (κ2) is 2.11. The maximum absolute atomic E-state index is 5.29. The molecule has 0 bridgehead atoms. The topological polar surface area (TPSA) is 17.0 Å². The monoisotopic (exact) mass is 140 g/mol. The van der Waals surface area contributed by atoms with E-state index in [0.29, 0.717) is 0 Å². The average Bonchev–Trinajstić information content (AvgIpc) is 2.11. The second-order valence-corrected chi connectivity index (χ2v) is 3.63. The normalized spacial score (nSPS) is 12.0. The van der Waals surface area contributed by atoms with Crippen molar-refractivity contribution in [1.29, 1.82) is 0 Å². The molecule has 0 aliphatic rings. The van der Waals surface area contributed by atoms with E-state index >= 15 is 0 Å². The molecule has 56 valence electrons. The number of rotatable bonds is 0. The summed E-state index contributed by atoms with van der Waals surface area (Å²) in [6.07, 6.45) is 3.71. The van der Waals surface area contributed by atoms with Crippen LogP contribution in [0.4, 0.5) is 0 Å². The lowest BCUT2D eigenvalue weighted by Gasteiger charge is -2.10. The van der Waals surface area contributed by atoms with E-state index in [2.05, 4.69) is 20.8 Å². The van der Waals surface area contributed by atoms with E-state index in [0.717, 1.165) is 5.76 Å². The van der Waals surface area contributed by atoms with Crippen molar-refractivity contribution in [2.24, 2.45) is 7.05 Å². The van der Waals surface area contributed by atoms with Crippen molar-refractivity contribution < 1.29 is 8.98 Å². The van der Waals surface area contributed by atoms with Gasteiger partial charge < -0.3 is 4.42 Å². The molecule has 0 spiro atoms. The summed E-state index contributed by atoms with van der Waals surface area (Å²) in [6.45, 7) is 6.39. The van der Waals surface area contributed by atoms with Crippen LogP contribution < -0.4 is 4.57 Å². The first kappa shape index (κ1) is 7.32. The molecule has 2 heteroatoms. The van der Waals surface area contributed by atoms with Crippen molar-refractivity contribution in [3.05, 3.63) is 18.4 Å². The standard InChI is InChI=1S/C8H14NO/c1-8(2,3)7-5-9(4)6-10-7/h5-6H,1-4H3/q+1. The van der Waals surface area contributed by atoms with E-state index in [1.54, 1.807) is 6.39 Å². The Morgan fingerprint density at radius 1 is 1.40 bits per heavy atom. The van der Waals surface area contributed by atoms with Gasteiger partial charge in [0.2, 0.25) is 6.20 Å². The highest BCUT2D eigenvalue weighted by Crippen LogP contribution is 2.19. The molecular formula is C8H14NO+. The van der Waals surface area contributed by atoms with Crippen LogP contribution in [0.2, 0.25) is 0 Å². The number of nitrogens with zero attached hydrogens (tertiary/aromatic N) is 1. The molecule has 0 saturated heterocycles. The molecule has 10 heavy (non-hydrogen) atoms. The zero-order valence-electron chi connectivity index (χ0n) is 7.01. The molecule has 0 saturated carbocycles. The van der Waals surface area contributed by atoms with Crippen LogP contribution in [0.25, 0.3) is 0 Å². The third-order valence-electron chi connectivity index (χ3n) is 1.41. The van der Waals surface area contributed by atoms with Crippen LogP contribution >= 0.6 is 0 Å². The van der Waals surface area contributed by atoms with Crippen molar-refractivity contribution in [2.75, 3.05) is 0 Å². The van der Waals surface area contributed by atoms with Gasteiger partial charge in [0, 0.05) is 5.41 Å². The number of hydrogen-bond donors (Lipinski definition) is 0. The average molecular weight is 140 g/mol. The van der Waals surface area contributed by atoms with Crippen molar-refractivity contribution in [2.45, 2.75) is 26.2 Å². The Bertz CT molecular complexity index is 219. The Balaban J connectivity index is 2.96. The molecule has 0 atom stereocenters. The molecule has 1 heterocycles. The molecule has 0 N–H and O–H groups in total. The Morgan fingerprint density at radius 3 is 2.20 bits per heavy atom. The van der Waals surface area contributed by atoms with E-state index in [1.807, 2.05) is 17.8 Å². The summed E-state index contributed by atoms with van der Waals surface area (Å²) >= 11 is 0. The molecule has 0 amide bonds. The molecule has 2 nitrogen and oxygen atoms in total. The fourth-order valence-electron chi connectivity index (χ4n) is 0.756. The molecule has 0 aromatic carbocycles. The van der Waals surface area contributed by atoms with Gasteiger partial charge in [-0.05, 0) is 0 Å². The highest BCUT2D eigenvalue weighted by Gasteiger charge is 2.20. The summed E-state index contributed by atoms with van der Waals surface area (Å²) in [6, 6.07) is 0. The van der Waals surface area contributed by atoms with Gasteiger partial charge >= 0.3 is 6.39 Å². The highest BCUT2D eigenvalue weighted by atomic mass is 16.3. The molecule has 1 aromatic heterocycles. The van der Waals surface area contributed by atoms with Gasteiger partial charge in [0.25, 0.3) is 0 Å². The van der Waals surface area contributed by atoms with Gasteiger partial charge in [-0.3, -0.25) is 0 Å². The first-order valence-electron chi connectivity index (χ1n) is 3.44. The van der Waals surface area contributed by atoms with Crippen molar-refractivity contribution in [3.8, 4) is 0 Å². The van der Waals surface area contributed by atoms with Crippen LogP contribution in [0.3, 0.4) is 0 Å². The highest BCUT2D eigenvalue weighted by molar-refractivity contribution is 5.00. The van der Waals surface area contributed by atoms with E-state index in [9.17, 15) is 0 Å². The van der Waals surface area contributed by atoms with E-state index in [4.69, 9.17) is 4.42 Å². The molecule has 1 aromatic rings. The smallest absolute Gasteiger partial charge is 0.334 e. The van der Waals surface area contributed by atoms with Gasteiger partial charge in [-0.25, -0.2) is 0 Å². The minimum Gasteiger partial charge on any atom is -0.408 e. The van der Waals surface area contributed by atoms with Crippen LogP contribution in [0.1, 0.15) is 26.5 Å². The molecule has 0 unspecified atom stereocenters. The minimum atomic E-state index is 0.126. The van der Waals surface area contributed by atoms with Crippen molar-refractivity contribution in [3.63, 3.8) is 0 Å². The first-order valence-corrected chi connectivity index (χ1v) is 3.44. The summed E-state index contributed by atoms with van der Waals surface area (Å²) in [4.78, 5) is 0. The van der Waals surface area contributed by atoms with Gasteiger partial charge in [0.1, 0.15) is 7.05 Å². The summed E-state index contributed by atoms with van der Waals surface area (Å²) < 4.78 is 7.21. The molecule has 1 rings (SSSR count). The second-order valence-electron chi connectivity index (χ2n) is 3.63. The maximum Gasteiger partial charge on any atom is 0.334 e. The molecule has 0 radical (unpaired) electrons. The predicted molar refractivity (Wildman–Crippen MR) is 38.6 cm³/mol. The fourth-order valence-corrected chi connectivity index (χ4v) is 0.756. The quantitative estimate of drug-likeness (QED) is 0.498. The van der Waals surface area contributed by atoms with Gasteiger partial charge in [-0.2, -0.15) is 4.57 Å². The van der Waals surface area contributed by atoms with E-state index in [1.165, 1.54) is 0 Å². The maximum atomic E-state index is 5.29. The Kier molecular flexibility index (Phi) is 1.55. The number of hydrogen-bond acceptors (Lipinski definition) is 1. The van der Waals surface area contributed by atoms with Gasteiger partial charge in [-0.15, -0.1) is 0 Å². The van der Waals surface area contributed by atoms with E-state index in [-0.39, 0.29) is 5.41 Å². The largest absolute Gasteiger partial charge is 0.408 e. The van der Waals surface area contributed by atoms with Crippen molar-refractivity contribution >= 4 is 0 Å². The molecule has 0 aliphatic heterocycles. The number of oxazole rings is 1. The number of aromatic nitrogens is 1. The predicted octanol–water partition coefficient (Wildman–Crippen LogP) is 1.40. The summed E-state index contributed by atoms with van der Waals surface area (Å²) in [5.74, 6) is 1.02. The van der Waals surface area contributed by atoms with Crippen LogP contribution in [0.5, 0.6) is 0 Å². The van der Waals surface area contributed by atoms with Gasteiger partial charge in [0.15, 0.2) is 5.76 Å². The molecule has 0 aliphatic carbocycles. The van der Waals surface area contributed by atoms with E-state index < -0.39 is 0 Å². The van der Waals surface area contributed by atoms with Crippen LogP contribution in [0.15, 0.2) is 17.0 Å². The summed E-state index contributed by atoms with van der Waals surface area (Å²) in [7, 11) is 1.96. The zero-order valence-corrected chi connectivity index (χ0v) is 7.01. The molecule has 0 fully saturated rings. The van der Waals surface area contributed by atoms with Crippen LogP contribution in [-0.2, 0) is 12.5 Å². The lowest BCUT2D eigenvalue weighted by Crippen LogP contribution is -2.24. The van der Waals surface area contributed by atoms with Crippen LogP contribution in [0, 0.1) is 0 Å². The number of aryl methyl sites for hydroxylation is 1.